The van der Waals surface area contributed by atoms with Gasteiger partial charge in [0.2, 0.25) is 0 Å². The van der Waals surface area contributed by atoms with Crippen LogP contribution >= 0.6 is 11.6 Å². The summed E-state index contributed by atoms with van der Waals surface area (Å²) in [5.74, 6) is 0. The van der Waals surface area contributed by atoms with Crippen molar-refractivity contribution in [2.75, 3.05) is 19.0 Å². The molecule has 19 heavy (non-hydrogen) atoms. The van der Waals surface area contributed by atoms with Crippen molar-refractivity contribution in [3.8, 4) is 0 Å². The zero-order valence-electron chi connectivity index (χ0n) is 12.2. The van der Waals surface area contributed by atoms with Gasteiger partial charge in [-0.05, 0) is 44.5 Å². The largest absolute Gasteiger partial charge is 0.370 e. The van der Waals surface area contributed by atoms with Crippen LogP contribution in [-0.2, 0) is 0 Å². The van der Waals surface area contributed by atoms with E-state index in [-0.39, 0.29) is 0 Å². The third-order valence-electron chi connectivity index (χ3n) is 4.41. The minimum absolute atomic E-state index is 0.339. The first-order chi connectivity index (χ1) is 9.13. The van der Waals surface area contributed by atoms with Crippen molar-refractivity contribution in [2.24, 2.45) is 0 Å². The van der Waals surface area contributed by atoms with Crippen LogP contribution in [0.3, 0.4) is 0 Å². The van der Waals surface area contributed by atoms with Crippen molar-refractivity contribution < 1.29 is 0 Å². The summed E-state index contributed by atoms with van der Waals surface area (Å²) in [4.78, 5) is 2.37. The Morgan fingerprint density at radius 1 is 1.26 bits per heavy atom. The van der Waals surface area contributed by atoms with Crippen LogP contribution in [0.15, 0.2) is 18.2 Å². The van der Waals surface area contributed by atoms with Gasteiger partial charge < -0.3 is 10.2 Å². The summed E-state index contributed by atoms with van der Waals surface area (Å²) in [5.41, 5.74) is 2.41. The highest BCUT2D eigenvalue weighted by molar-refractivity contribution is 6.33. The molecular formula is C16H25ClN2. The molecule has 0 saturated heterocycles. The molecule has 1 aliphatic rings. The summed E-state index contributed by atoms with van der Waals surface area (Å²) in [6.07, 6.45) is 6.67. The second-order valence-electron chi connectivity index (χ2n) is 5.62. The molecule has 0 aromatic heterocycles. The van der Waals surface area contributed by atoms with Crippen molar-refractivity contribution in [1.29, 1.82) is 0 Å². The maximum absolute atomic E-state index is 6.48. The van der Waals surface area contributed by atoms with Gasteiger partial charge in [-0.1, -0.05) is 36.9 Å². The fourth-order valence-corrected chi connectivity index (χ4v) is 3.23. The van der Waals surface area contributed by atoms with Gasteiger partial charge in [-0.25, -0.2) is 0 Å². The van der Waals surface area contributed by atoms with E-state index in [0.29, 0.717) is 12.1 Å². The Balaban J connectivity index is 2.15. The van der Waals surface area contributed by atoms with Crippen LogP contribution in [-0.4, -0.2) is 20.1 Å². The van der Waals surface area contributed by atoms with Gasteiger partial charge in [-0.3, -0.25) is 0 Å². The molecule has 0 radical (unpaired) electrons. The molecule has 2 nitrogen and oxygen atoms in total. The van der Waals surface area contributed by atoms with E-state index < -0.39 is 0 Å². The predicted molar refractivity (Wildman–Crippen MR) is 84.2 cm³/mol. The van der Waals surface area contributed by atoms with E-state index in [1.165, 1.54) is 43.4 Å². The third kappa shape index (κ3) is 3.43. The first kappa shape index (κ1) is 14.7. The quantitative estimate of drug-likeness (QED) is 0.880. The van der Waals surface area contributed by atoms with Crippen LogP contribution in [0.5, 0.6) is 0 Å². The van der Waals surface area contributed by atoms with Crippen LogP contribution in [0.25, 0.3) is 0 Å². The summed E-state index contributed by atoms with van der Waals surface area (Å²) in [6, 6.07) is 7.43. The average Bonchev–Trinajstić information content (AvgIpc) is 2.46. The molecule has 1 aromatic carbocycles. The Morgan fingerprint density at radius 2 is 1.95 bits per heavy atom. The second-order valence-corrected chi connectivity index (χ2v) is 6.03. The maximum Gasteiger partial charge on any atom is 0.0642 e. The molecule has 0 bridgehead atoms. The lowest BCUT2D eigenvalue weighted by molar-refractivity contribution is 0.427. The van der Waals surface area contributed by atoms with E-state index in [2.05, 4.69) is 42.4 Å². The first-order valence-corrected chi connectivity index (χ1v) is 7.71. The number of benzene rings is 1. The van der Waals surface area contributed by atoms with Crippen LogP contribution in [0.4, 0.5) is 5.69 Å². The summed E-state index contributed by atoms with van der Waals surface area (Å²) in [5, 5.41) is 4.12. The van der Waals surface area contributed by atoms with Crippen LogP contribution in [0, 0.1) is 0 Å². The lowest BCUT2D eigenvalue weighted by Gasteiger charge is -2.33. The molecule has 1 fully saturated rings. The number of hydrogen-bond donors (Lipinski definition) is 1. The van der Waals surface area contributed by atoms with Crippen molar-refractivity contribution in [3.05, 3.63) is 28.8 Å². The standard InChI is InChI=1S/C16H25ClN2/c1-12(18-2)13-9-10-16(15(17)11-13)19(3)14-7-5-4-6-8-14/h9-12,14,18H,4-8H2,1-3H3. The molecule has 1 aliphatic carbocycles. The lowest BCUT2D eigenvalue weighted by atomic mass is 9.94. The van der Waals surface area contributed by atoms with Crippen LogP contribution < -0.4 is 10.2 Å². The Morgan fingerprint density at radius 3 is 2.53 bits per heavy atom. The van der Waals surface area contributed by atoms with Gasteiger partial charge in [0, 0.05) is 19.1 Å². The second kappa shape index (κ2) is 6.62. The van der Waals surface area contributed by atoms with Crippen LogP contribution in [0.2, 0.25) is 5.02 Å². The fourth-order valence-electron chi connectivity index (χ4n) is 2.91. The third-order valence-corrected chi connectivity index (χ3v) is 4.71. The Hall–Kier alpha value is -0.730. The normalized spacial score (nSPS) is 18.3. The zero-order valence-corrected chi connectivity index (χ0v) is 13.0. The molecule has 0 aliphatic heterocycles. The predicted octanol–water partition coefficient (Wildman–Crippen LogP) is 4.39. The van der Waals surface area contributed by atoms with Crippen molar-refractivity contribution >= 4 is 17.3 Å². The highest BCUT2D eigenvalue weighted by atomic mass is 35.5. The molecule has 1 atom stereocenters. The van der Waals surface area contributed by atoms with Crippen LogP contribution in [0.1, 0.15) is 50.6 Å². The van der Waals surface area contributed by atoms with E-state index in [1.807, 2.05) is 7.05 Å². The molecule has 3 heteroatoms. The number of hydrogen-bond acceptors (Lipinski definition) is 2. The molecule has 106 valence electrons. The monoisotopic (exact) mass is 280 g/mol. The Bertz CT molecular complexity index is 413. The smallest absolute Gasteiger partial charge is 0.0642 e. The molecule has 1 aromatic rings. The topological polar surface area (TPSA) is 15.3 Å². The molecule has 1 N–H and O–H groups in total. The van der Waals surface area contributed by atoms with E-state index in [0.717, 1.165) is 5.02 Å². The molecule has 2 rings (SSSR count). The number of rotatable bonds is 4. The van der Waals surface area contributed by atoms with Gasteiger partial charge >= 0.3 is 0 Å². The number of nitrogens with one attached hydrogen (secondary N) is 1. The minimum Gasteiger partial charge on any atom is -0.370 e. The highest BCUT2D eigenvalue weighted by Crippen LogP contribution is 2.32. The molecule has 0 spiro atoms. The van der Waals surface area contributed by atoms with Gasteiger partial charge in [0.25, 0.3) is 0 Å². The van der Waals surface area contributed by atoms with Gasteiger partial charge in [0.05, 0.1) is 10.7 Å². The van der Waals surface area contributed by atoms with Crippen molar-refractivity contribution in [3.63, 3.8) is 0 Å². The van der Waals surface area contributed by atoms with E-state index in [4.69, 9.17) is 11.6 Å². The molecule has 1 unspecified atom stereocenters. The average molecular weight is 281 g/mol. The van der Waals surface area contributed by atoms with Crippen molar-refractivity contribution in [2.45, 2.75) is 51.1 Å². The lowest BCUT2D eigenvalue weighted by Crippen LogP contribution is -2.33. The minimum atomic E-state index is 0.339. The SMILES string of the molecule is CNC(C)c1ccc(N(C)C2CCCCC2)c(Cl)c1. The maximum atomic E-state index is 6.48. The molecule has 0 heterocycles. The summed E-state index contributed by atoms with van der Waals surface area (Å²) >= 11 is 6.48. The van der Waals surface area contributed by atoms with Crippen molar-refractivity contribution in [1.82, 2.24) is 5.32 Å². The fraction of sp³-hybridized carbons (Fsp3) is 0.625. The van der Waals surface area contributed by atoms with E-state index >= 15 is 0 Å². The number of halogens is 1. The van der Waals surface area contributed by atoms with E-state index in [9.17, 15) is 0 Å². The van der Waals surface area contributed by atoms with Gasteiger partial charge in [-0.2, -0.15) is 0 Å². The van der Waals surface area contributed by atoms with Gasteiger partial charge in [-0.15, -0.1) is 0 Å². The first-order valence-electron chi connectivity index (χ1n) is 7.33. The molecular weight excluding hydrogens is 256 g/mol. The Kier molecular flexibility index (Phi) is 5.12. The van der Waals surface area contributed by atoms with Gasteiger partial charge in [0.1, 0.15) is 0 Å². The number of anilines is 1. The summed E-state index contributed by atoms with van der Waals surface area (Å²) in [6.45, 7) is 2.15. The molecule has 0 amide bonds. The summed E-state index contributed by atoms with van der Waals surface area (Å²) in [7, 11) is 4.15. The Labute approximate surface area is 122 Å². The van der Waals surface area contributed by atoms with E-state index in [1.54, 1.807) is 0 Å². The number of nitrogens with zero attached hydrogens (tertiary/aromatic N) is 1. The molecule has 1 saturated carbocycles. The van der Waals surface area contributed by atoms with Gasteiger partial charge in [0.15, 0.2) is 0 Å². The summed E-state index contributed by atoms with van der Waals surface area (Å²) < 4.78 is 0. The zero-order chi connectivity index (χ0) is 13.8. The highest BCUT2D eigenvalue weighted by Gasteiger charge is 2.20.